The first-order valence-corrected chi connectivity index (χ1v) is 8.47. The molecule has 0 radical (unpaired) electrons. The summed E-state index contributed by atoms with van der Waals surface area (Å²) in [6, 6.07) is 27.4. The predicted octanol–water partition coefficient (Wildman–Crippen LogP) is 4.34. The van der Waals surface area contributed by atoms with Crippen LogP contribution in [0.3, 0.4) is 0 Å². The summed E-state index contributed by atoms with van der Waals surface area (Å²) in [7, 11) is 0. The number of carbonyl (C=O) groups is 1. The van der Waals surface area contributed by atoms with Gasteiger partial charge in [0.05, 0.1) is 11.7 Å². The third-order valence-corrected chi connectivity index (χ3v) is 4.47. The van der Waals surface area contributed by atoms with E-state index in [1.165, 1.54) is 5.56 Å². The average molecular weight is 329 g/mol. The van der Waals surface area contributed by atoms with Gasteiger partial charge in [-0.1, -0.05) is 60.7 Å². The van der Waals surface area contributed by atoms with Crippen molar-refractivity contribution in [1.29, 1.82) is 0 Å². The van der Waals surface area contributed by atoms with E-state index in [4.69, 9.17) is 4.74 Å². The molecule has 0 spiro atoms. The number of benzene rings is 3. The first-order valence-electron chi connectivity index (χ1n) is 8.47. The van der Waals surface area contributed by atoms with Crippen molar-refractivity contribution in [3.05, 3.63) is 96.1 Å². The Morgan fingerprint density at radius 2 is 1.52 bits per heavy atom. The van der Waals surface area contributed by atoms with E-state index in [0.29, 0.717) is 12.2 Å². The summed E-state index contributed by atoms with van der Waals surface area (Å²) in [5.41, 5.74) is 2.72. The van der Waals surface area contributed by atoms with Gasteiger partial charge in [0.2, 0.25) is 0 Å². The van der Waals surface area contributed by atoms with Crippen molar-refractivity contribution >= 4 is 11.6 Å². The Morgan fingerprint density at radius 3 is 2.28 bits per heavy atom. The second kappa shape index (κ2) is 6.81. The van der Waals surface area contributed by atoms with Crippen LogP contribution < -0.4 is 9.64 Å². The predicted molar refractivity (Wildman–Crippen MR) is 99.1 cm³/mol. The maximum absolute atomic E-state index is 13.2. The lowest BCUT2D eigenvalue weighted by Crippen LogP contribution is -2.48. The summed E-state index contributed by atoms with van der Waals surface area (Å²) in [4.78, 5) is 15.1. The van der Waals surface area contributed by atoms with Crippen LogP contribution in [0.1, 0.15) is 15.9 Å². The zero-order valence-corrected chi connectivity index (χ0v) is 13.8. The van der Waals surface area contributed by atoms with E-state index in [2.05, 4.69) is 12.1 Å². The molecular formula is C22H19NO2. The Kier molecular flexibility index (Phi) is 4.21. The summed E-state index contributed by atoms with van der Waals surface area (Å²) in [6.07, 6.45) is 0.758. The number of anilines is 1. The molecule has 0 saturated carbocycles. The van der Waals surface area contributed by atoms with Gasteiger partial charge >= 0.3 is 0 Å². The van der Waals surface area contributed by atoms with Crippen LogP contribution in [0, 0.1) is 0 Å². The fourth-order valence-electron chi connectivity index (χ4n) is 3.27. The summed E-state index contributed by atoms with van der Waals surface area (Å²) in [5, 5.41) is 0. The lowest BCUT2D eigenvalue weighted by molar-refractivity contribution is 0.0957. The molecule has 0 N–H and O–H groups in total. The van der Waals surface area contributed by atoms with Gasteiger partial charge in [0.1, 0.15) is 12.4 Å². The van der Waals surface area contributed by atoms with Crippen molar-refractivity contribution in [2.24, 2.45) is 0 Å². The number of nitrogens with zero attached hydrogens (tertiary/aromatic N) is 1. The minimum Gasteiger partial charge on any atom is -0.489 e. The molecule has 1 amide bonds. The Morgan fingerprint density at radius 1 is 0.880 bits per heavy atom. The molecule has 3 aromatic rings. The third kappa shape index (κ3) is 3.13. The van der Waals surface area contributed by atoms with E-state index in [1.54, 1.807) is 0 Å². The number of ether oxygens (including phenoxy) is 1. The summed E-state index contributed by atoms with van der Waals surface area (Å²) in [6.45, 7) is 0.491. The molecule has 0 saturated heterocycles. The van der Waals surface area contributed by atoms with Gasteiger partial charge < -0.3 is 4.74 Å². The molecule has 0 aromatic heterocycles. The van der Waals surface area contributed by atoms with Gasteiger partial charge in [0, 0.05) is 5.56 Å². The van der Waals surface area contributed by atoms with E-state index in [9.17, 15) is 4.79 Å². The topological polar surface area (TPSA) is 29.5 Å². The van der Waals surface area contributed by atoms with Crippen LogP contribution in [0.25, 0.3) is 0 Å². The number of para-hydroxylation sites is 2. The molecule has 0 fully saturated rings. The molecule has 1 aliphatic rings. The number of fused-ring (bicyclic) bond motifs is 1. The Balaban J connectivity index is 1.72. The Bertz CT molecular complexity index is 861. The van der Waals surface area contributed by atoms with Crippen molar-refractivity contribution in [2.75, 3.05) is 11.5 Å². The minimum absolute atomic E-state index is 0.0114. The molecule has 0 bridgehead atoms. The van der Waals surface area contributed by atoms with Crippen molar-refractivity contribution in [3.8, 4) is 5.75 Å². The van der Waals surface area contributed by atoms with Crippen LogP contribution in [0.4, 0.5) is 5.69 Å². The zero-order valence-electron chi connectivity index (χ0n) is 13.8. The molecule has 4 rings (SSSR count). The Labute approximate surface area is 147 Å². The van der Waals surface area contributed by atoms with Gasteiger partial charge in [-0.3, -0.25) is 9.69 Å². The number of carbonyl (C=O) groups excluding carboxylic acids is 1. The number of hydrogen-bond donors (Lipinski definition) is 0. The number of rotatable bonds is 3. The SMILES string of the molecule is O=C(c1ccccc1)N1c2ccccc2OC[C@H]1Cc1ccccc1. The molecule has 3 nitrogen and oxygen atoms in total. The monoisotopic (exact) mass is 329 g/mol. The highest BCUT2D eigenvalue weighted by Crippen LogP contribution is 2.35. The molecular weight excluding hydrogens is 310 g/mol. The van der Waals surface area contributed by atoms with Crippen molar-refractivity contribution in [2.45, 2.75) is 12.5 Å². The quantitative estimate of drug-likeness (QED) is 0.715. The zero-order chi connectivity index (χ0) is 17.1. The second-order valence-electron chi connectivity index (χ2n) is 6.16. The molecule has 3 heteroatoms. The molecule has 0 unspecified atom stereocenters. The van der Waals surface area contributed by atoms with Crippen LogP contribution in [0.2, 0.25) is 0 Å². The minimum atomic E-state index is -0.0370. The average Bonchev–Trinajstić information content (AvgIpc) is 2.69. The molecule has 1 heterocycles. The largest absolute Gasteiger partial charge is 0.489 e. The van der Waals surface area contributed by atoms with E-state index in [0.717, 1.165) is 17.9 Å². The van der Waals surface area contributed by atoms with Crippen molar-refractivity contribution in [3.63, 3.8) is 0 Å². The molecule has 25 heavy (non-hydrogen) atoms. The highest BCUT2D eigenvalue weighted by molar-refractivity contribution is 6.07. The van der Waals surface area contributed by atoms with E-state index in [1.807, 2.05) is 77.7 Å². The first kappa shape index (κ1) is 15.5. The summed E-state index contributed by atoms with van der Waals surface area (Å²) in [5.74, 6) is 0.772. The summed E-state index contributed by atoms with van der Waals surface area (Å²) >= 11 is 0. The van der Waals surface area contributed by atoms with Crippen LogP contribution in [0.15, 0.2) is 84.9 Å². The fourth-order valence-corrected chi connectivity index (χ4v) is 3.27. The molecule has 1 atom stereocenters. The van der Waals surface area contributed by atoms with Crippen LogP contribution >= 0.6 is 0 Å². The molecule has 0 aliphatic carbocycles. The molecule has 1 aliphatic heterocycles. The van der Waals surface area contributed by atoms with Crippen LogP contribution in [-0.2, 0) is 6.42 Å². The van der Waals surface area contributed by atoms with Gasteiger partial charge in [-0.25, -0.2) is 0 Å². The Hall–Kier alpha value is -3.07. The lowest BCUT2D eigenvalue weighted by atomic mass is 10.0. The van der Waals surface area contributed by atoms with Crippen molar-refractivity contribution < 1.29 is 9.53 Å². The standard InChI is InChI=1S/C22H19NO2/c24-22(18-11-5-2-6-12-18)23-19(15-17-9-3-1-4-10-17)16-25-21-14-8-7-13-20(21)23/h1-14,19H,15-16H2/t19-/m1/s1. The van der Waals surface area contributed by atoms with Gasteiger partial charge in [0.15, 0.2) is 0 Å². The third-order valence-electron chi connectivity index (χ3n) is 4.47. The highest BCUT2D eigenvalue weighted by Gasteiger charge is 2.32. The van der Waals surface area contributed by atoms with Gasteiger partial charge in [-0.15, -0.1) is 0 Å². The molecule has 3 aromatic carbocycles. The maximum atomic E-state index is 13.2. The highest BCUT2D eigenvalue weighted by atomic mass is 16.5. The smallest absolute Gasteiger partial charge is 0.258 e. The van der Waals surface area contributed by atoms with Gasteiger partial charge in [-0.05, 0) is 36.2 Å². The van der Waals surface area contributed by atoms with Gasteiger partial charge in [-0.2, -0.15) is 0 Å². The van der Waals surface area contributed by atoms with Crippen LogP contribution in [0.5, 0.6) is 5.75 Å². The normalized spacial score (nSPS) is 16.0. The number of amides is 1. The van der Waals surface area contributed by atoms with Crippen LogP contribution in [-0.4, -0.2) is 18.6 Å². The second-order valence-corrected chi connectivity index (χ2v) is 6.16. The fraction of sp³-hybridized carbons (Fsp3) is 0.136. The summed E-state index contributed by atoms with van der Waals surface area (Å²) < 4.78 is 5.93. The first-order chi connectivity index (χ1) is 12.3. The van der Waals surface area contributed by atoms with E-state index in [-0.39, 0.29) is 11.9 Å². The molecule has 124 valence electrons. The lowest BCUT2D eigenvalue weighted by Gasteiger charge is -2.37. The van der Waals surface area contributed by atoms with E-state index >= 15 is 0 Å². The number of hydrogen-bond acceptors (Lipinski definition) is 2. The van der Waals surface area contributed by atoms with Gasteiger partial charge in [0.25, 0.3) is 5.91 Å². The maximum Gasteiger partial charge on any atom is 0.258 e. The van der Waals surface area contributed by atoms with E-state index < -0.39 is 0 Å². The van der Waals surface area contributed by atoms with Crippen molar-refractivity contribution in [1.82, 2.24) is 0 Å².